The van der Waals surface area contributed by atoms with Crippen molar-refractivity contribution in [1.82, 2.24) is 10.6 Å². The first-order valence-electron chi connectivity index (χ1n) is 8.42. The highest BCUT2D eigenvalue weighted by atomic mass is 16.5. The lowest BCUT2D eigenvalue weighted by Gasteiger charge is -2.18. The highest BCUT2D eigenvalue weighted by molar-refractivity contribution is 5.74. The molecule has 1 aromatic carbocycles. The molecule has 2 fully saturated rings. The number of carbonyl (C=O) groups excluding carboxylic acids is 1. The van der Waals surface area contributed by atoms with E-state index in [-0.39, 0.29) is 12.1 Å². The molecule has 120 valence electrons. The van der Waals surface area contributed by atoms with Crippen molar-refractivity contribution in [2.75, 3.05) is 0 Å². The van der Waals surface area contributed by atoms with Gasteiger partial charge in [-0.2, -0.15) is 0 Å². The van der Waals surface area contributed by atoms with E-state index in [0.29, 0.717) is 12.6 Å². The summed E-state index contributed by atoms with van der Waals surface area (Å²) in [5.74, 6) is 2.32. The quantitative estimate of drug-likeness (QED) is 0.810. The van der Waals surface area contributed by atoms with Crippen molar-refractivity contribution in [3.63, 3.8) is 0 Å². The third-order valence-corrected chi connectivity index (χ3v) is 4.31. The lowest BCUT2D eigenvalue weighted by molar-refractivity contribution is 0.233. The Morgan fingerprint density at radius 2 is 1.73 bits per heavy atom. The molecule has 1 aromatic rings. The Bertz CT molecular complexity index is 492. The third kappa shape index (κ3) is 4.39. The van der Waals surface area contributed by atoms with E-state index >= 15 is 0 Å². The Hall–Kier alpha value is -1.71. The molecule has 4 nitrogen and oxygen atoms in total. The van der Waals surface area contributed by atoms with Gasteiger partial charge in [-0.3, -0.25) is 0 Å². The van der Waals surface area contributed by atoms with E-state index in [2.05, 4.69) is 10.6 Å². The normalized spacial score (nSPS) is 17.6. The fourth-order valence-electron chi connectivity index (χ4n) is 2.87. The van der Waals surface area contributed by atoms with Crippen LogP contribution in [0.4, 0.5) is 4.79 Å². The molecule has 0 saturated heterocycles. The monoisotopic (exact) mass is 302 g/mol. The van der Waals surface area contributed by atoms with Crippen LogP contribution in [0.5, 0.6) is 5.75 Å². The summed E-state index contributed by atoms with van der Waals surface area (Å²) in [7, 11) is 0. The Labute approximate surface area is 132 Å². The summed E-state index contributed by atoms with van der Waals surface area (Å²) in [5, 5.41) is 6.14. The van der Waals surface area contributed by atoms with Gasteiger partial charge in [0.25, 0.3) is 0 Å². The van der Waals surface area contributed by atoms with Gasteiger partial charge < -0.3 is 15.4 Å². The zero-order chi connectivity index (χ0) is 15.5. The summed E-state index contributed by atoms with van der Waals surface area (Å²) in [4.78, 5) is 12.1. The van der Waals surface area contributed by atoms with E-state index in [1.165, 1.54) is 25.7 Å². The molecule has 3 rings (SSSR count). The third-order valence-electron chi connectivity index (χ3n) is 4.31. The molecule has 2 N–H and O–H groups in total. The van der Waals surface area contributed by atoms with Gasteiger partial charge in [0.05, 0.1) is 6.10 Å². The number of carbonyl (C=O) groups is 1. The van der Waals surface area contributed by atoms with Crippen LogP contribution in [0.25, 0.3) is 0 Å². The maximum Gasteiger partial charge on any atom is 0.315 e. The van der Waals surface area contributed by atoms with Crippen LogP contribution < -0.4 is 15.4 Å². The molecule has 0 spiro atoms. The number of nitrogens with one attached hydrogen (secondary N) is 2. The minimum atomic E-state index is -0.0358. The lowest BCUT2D eigenvalue weighted by atomic mass is 10.1. The summed E-state index contributed by atoms with van der Waals surface area (Å²) >= 11 is 0. The van der Waals surface area contributed by atoms with Crippen LogP contribution in [-0.2, 0) is 6.54 Å². The van der Waals surface area contributed by atoms with Gasteiger partial charge >= 0.3 is 6.03 Å². The second-order valence-electron chi connectivity index (χ2n) is 6.84. The van der Waals surface area contributed by atoms with Gasteiger partial charge in [0.1, 0.15) is 5.75 Å². The predicted octanol–water partition coefficient (Wildman–Crippen LogP) is 3.46. The number of amides is 2. The second-order valence-corrected chi connectivity index (χ2v) is 6.84. The molecule has 0 heterocycles. The van der Waals surface area contributed by atoms with E-state index in [1.807, 2.05) is 38.1 Å². The average Bonchev–Trinajstić information content (AvgIpc) is 3.37. The van der Waals surface area contributed by atoms with Gasteiger partial charge in [0.15, 0.2) is 0 Å². The van der Waals surface area contributed by atoms with E-state index in [4.69, 9.17) is 4.74 Å². The molecule has 0 atom stereocenters. The highest BCUT2D eigenvalue weighted by Crippen LogP contribution is 2.44. The maximum absolute atomic E-state index is 12.1. The molecule has 0 radical (unpaired) electrons. The zero-order valence-corrected chi connectivity index (χ0v) is 13.5. The molecule has 0 unspecified atom stereocenters. The largest absolute Gasteiger partial charge is 0.491 e. The predicted molar refractivity (Wildman–Crippen MR) is 86.8 cm³/mol. The first-order chi connectivity index (χ1) is 10.6. The maximum atomic E-state index is 12.1. The van der Waals surface area contributed by atoms with Crippen LogP contribution >= 0.6 is 0 Å². The molecule has 0 aromatic heterocycles. The van der Waals surface area contributed by atoms with Crippen LogP contribution in [-0.4, -0.2) is 18.2 Å². The Kier molecular flexibility index (Phi) is 4.55. The van der Waals surface area contributed by atoms with Crippen molar-refractivity contribution in [3.05, 3.63) is 29.8 Å². The Morgan fingerprint density at radius 3 is 2.23 bits per heavy atom. The summed E-state index contributed by atoms with van der Waals surface area (Å²) in [5.41, 5.74) is 1.08. The van der Waals surface area contributed by atoms with Crippen molar-refractivity contribution >= 4 is 6.03 Å². The lowest BCUT2D eigenvalue weighted by Crippen LogP contribution is -2.44. The van der Waals surface area contributed by atoms with Crippen LogP contribution in [0.1, 0.15) is 45.1 Å². The van der Waals surface area contributed by atoms with E-state index in [9.17, 15) is 4.79 Å². The number of hydrogen-bond acceptors (Lipinski definition) is 2. The van der Waals surface area contributed by atoms with Crippen molar-refractivity contribution in [2.45, 2.75) is 58.2 Å². The van der Waals surface area contributed by atoms with Crippen molar-refractivity contribution in [3.8, 4) is 5.75 Å². The van der Waals surface area contributed by atoms with Gasteiger partial charge in [-0.25, -0.2) is 4.79 Å². The van der Waals surface area contributed by atoms with Crippen LogP contribution in [0, 0.1) is 11.8 Å². The van der Waals surface area contributed by atoms with Crippen molar-refractivity contribution in [1.29, 1.82) is 0 Å². The van der Waals surface area contributed by atoms with E-state index in [1.54, 1.807) is 0 Å². The first-order valence-corrected chi connectivity index (χ1v) is 8.42. The topological polar surface area (TPSA) is 50.4 Å². The number of urea groups is 1. The summed E-state index contributed by atoms with van der Waals surface area (Å²) < 4.78 is 5.61. The van der Waals surface area contributed by atoms with Crippen molar-refractivity contribution < 1.29 is 9.53 Å². The first kappa shape index (κ1) is 15.2. The minimum absolute atomic E-state index is 0.0358. The molecule has 0 bridgehead atoms. The number of ether oxygens (including phenoxy) is 1. The van der Waals surface area contributed by atoms with Gasteiger partial charge in [-0.15, -0.1) is 0 Å². The smallest absolute Gasteiger partial charge is 0.315 e. The molecule has 0 aliphatic heterocycles. The van der Waals surface area contributed by atoms with Crippen LogP contribution in [0.2, 0.25) is 0 Å². The van der Waals surface area contributed by atoms with Crippen LogP contribution in [0.3, 0.4) is 0 Å². The Balaban J connectivity index is 1.44. The zero-order valence-electron chi connectivity index (χ0n) is 13.5. The second kappa shape index (κ2) is 6.59. The number of rotatable bonds is 7. The van der Waals surface area contributed by atoms with Crippen molar-refractivity contribution in [2.24, 2.45) is 11.8 Å². The number of hydrogen-bond donors (Lipinski definition) is 2. The van der Waals surface area contributed by atoms with Gasteiger partial charge in [-0.1, -0.05) is 12.1 Å². The average molecular weight is 302 g/mol. The van der Waals surface area contributed by atoms with Crippen LogP contribution in [0.15, 0.2) is 24.3 Å². The van der Waals surface area contributed by atoms with E-state index in [0.717, 1.165) is 23.1 Å². The molecular weight excluding hydrogens is 276 g/mol. The molecule has 2 amide bonds. The molecule has 2 saturated carbocycles. The van der Waals surface area contributed by atoms with Gasteiger partial charge in [0, 0.05) is 12.6 Å². The summed E-state index contributed by atoms with van der Waals surface area (Å²) in [6, 6.07) is 8.26. The molecule has 4 heteroatoms. The van der Waals surface area contributed by atoms with Gasteiger partial charge in [-0.05, 0) is 69.1 Å². The Morgan fingerprint density at radius 1 is 1.14 bits per heavy atom. The standard InChI is InChI=1S/C18H26N2O2/c1-12(2)22-16-9-3-13(4-10-16)11-19-18(21)20-17(14-5-6-14)15-7-8-15/h3-4,9-10,12,14-15,17H,5-8,11H2,1-2H3,(H2,19,20,21). The summed E-state index contributed by atoms with van der Waals surface area (Å²) in [6.45, 7) is 4.57. The fraction of sp³-hybridized carbons (Fsp3) is 0.611. The highest BCUT2D eigenvalue weighted by Gasteiger charge is 2.42. The fourth-order valence-corrected chi connectivity index (χ4v) is 2.87. The SMILES string of the molecule is CC(C)Oc1ccc(CNC(=O)NC(C2CC2)C2CC2)cc1. The summed E-state index contributed by atoms with van der Waals surface area (Å²) in [6.07, 6.45) is 5.28. The molecular formula is C18H26N2O2. The van der Waals surface area contributed by atoms with E-state index < -0.39 is 0 Å². The van der Waals surface area contributed by atoms with Gasteiger partial charge in [0.2, 0.25) is 0 Å². The number of benzene rings is 1. The molecule has 2 aliphatic carbocycles. The minimum Gasteiger partial charge on any atom is -0.491 e. The molecule has 2 aliphatic rings. The molecule has 22 heavy (non-hydrogen) atoms.